The first-order valence-electron chi connectivity index (χ1n) is 49.4. The van der Waals surface area contributed by atoms with Crippen LogP contribution in [0, 0.1) is 41.4 Å². The molecule has 9 heterocycles. The largest absolute Gasteiger partial charge is 0.460 e. The molecule has 36 nitrogen and oxygen atoms in total. The Hall–Kier alpha value is -9.09. The molecule has 6 aliphatic heterocycles. The Morgan fingerprint density at radius 3 is 2.11 bits per heavy atom. The van der Waals surface area contributed by atoms with Crippen LogP contribution in [0.1, 0.15) is 174 Å². The van der Waals surface area contributed by atoms with Crippen LogP contribution in [0.3, 0.4) is 0 Å². The van der Waals surface area contributed by atoms with Gasteiger partial charge in [0.2, 0.25) is 17.6 Å². The van der Waals surface area contributed by atoms with Gasteiger partial charge in [-0.25, -0.2) is 19.4 Å². The third-order valence-electron chi connectivity index (χ3n) is 28.3. The van der Waals surface area contributed by atoms with Gasteiger partial charge in [-0.15, -0.1) is 0 Å². The molecule has 756 valence electrons. The predicted octanol–water partition coefficient (Wildman–Crippen LogP) is 8.83. The number of oxazole rings is 1. The molecule has 4 amide bonds. The summed E-state index contributed by atoms with van der Waals surface area (Å²) in [6.45, 7) is 21.9. The van der Waals surface area contributed by atoms with Crippen molar-refractivity contribution in [2.75, 3.05) is 164 Å². The number of esters is 1. The lowest BCUT2D eigenvalue weighted by molar-refractivity contribution is -0.265. The van der Waals surface area contributed by atoms with Crippen LogP contribution in [0.4, 0.5) is 11.8 Å². The molecule has 1 aliphatic carbocycles. The zero-order valence-electron chi connectivity index (χ0n) is 81.8. The van der Waals surface area contributed by atoms with Gasteiger partial charge in [-0.3, -0.25) is 24.0 Å². The Kier molecular flexibility index (Phi) is 41.3. The van der Waals surface area contributed by atoms with E-state index in [0.29, 0.717) is 214 Å². The predicted molar refractivity (Wildman–Crippen MR) is 513 cm³/mol. The van der Waals surface area contributed by atoms with E-state index in [9.17, 15) is 49.2 Å². The zero-order valence-corrected chi connectivity index (χ0v) is 81.8. The van der Waals surface area contributed by atoms with Gasteiger partial charge in [0.05, 0.1) is 134 Å². The monoisotopic (exact) mass is 1910 g/mol. The number of ketones is 1. The van der Waals surface area contributed by atoms with Gasteiger partial charge in [0, 0.05) is 109 Å². The van der Waals surface area contributed by atoms with Crippen molar-refractivity contribution < 1.29 is 111 Å². The number of carbonyl (C=O) groups excluding carboxylic acids is 6. The first-order valence-corrected chi connectivity index (χ1v) is 49.4. The lowest BCUT2D eigenvalue weighted by atomic mass is 9.78. The van der Waals surface area contributed by atoms with E-state index in [1.807, 2.05) is 90.8 Å². The lowest BCUT2D eigenvalue weighted by Crippen LogP contribution is -2.61. The summed E-state index contributed by atoms with van der Waals surface area (Å²) in [6.07, 6.45) is 16.2. The highest BCUT2D eigenvalue weighted by Gasteiger charge is 2.54. The van der Waals surface area contributed by atoms with Gasteiger partial charge in [0.15, 0.2) is 17.8 Å². The number of aromatic nitrogens is 5. The summed E-state index contributed by atoms with van der Waals surface area (Å²) in [4.78, 5) is 111. The van der Waals surface area contributed by atoms with Gasteiger partial charge in [-0.1, -0.05) is 94.4 Å². The first kappa shape index (κ1) is 107. The molecule has 16 atom stereocenters. The molecule has 2 bridgehead atoms. The summed E-state index contributed by atoms with van der Waals surface area (Å²) in [5.74, 6) is -7.18. The number of amides is 4. The number of nitrogen functional groups attached to an aromatic ring is 2. The Balaban J connectivity index is 0.504. The third-order valence-corrected chi connectivity index (χ3v) is 28.3. The third kappa shape index (κ3) is 29.8. The molecular formula is C101H149N13O23. The number of anilines is 2. The van der Waals surface area contributed by atoms with Gasteiger partial charge in [0.1, 0.15) is 47.7 Å². The van der Waals surface area contributed by atoms with Crippen LogP contribution >= 0.6 is 0 Å². The van der Waals surface area contributed by atoms with Gasteiger partial charge in [0.25, 0.3) is 23.6 Å². The van der Waals surface area contributed by atoms with Crippen molar-refractivity contribution in [1.29, 1.82) is 0 Å². The summed E-state index contributed by atoms with van der Waals surface area (Å²) in [5, 5.41) is 60.2. The van der Waals surface area contributed by atoms with Crippen LogP contribution in [0.25, 0.3) is 33.4 Å². The minimum Gasteiger partial charge on any atom is -0.460 e. The van der Waals surface area contributed by atoms with Gasteiger partial charge >= 0.3 is 5.97 Å². The second-order valence-electron chi connectivity index (χ2n) is 38.2. The number of carbonyl (C=O) groups is 6. The van der Waals surface area contributed by atoms with Crippen molar-refractivity contribution in [2.24, 2.45) is 46.6 Å². The molecule has 5 aromatic rings. The number of fused-ring (bicyclic) bond motifs is 6. The number of methoxy groups -OCH3 is 3. The van der Waals surface area contributed by atoms with E-state index in [1.165, 1.54) is 23.9 Å². The van der Waals surface area contributed by atoms with Crippen LogP contribution in [-0.4, -0.2) is 326 Å². The van der Waals surface area contributed by atoms with Crippen molar-refractivity contribution >= 4 is 75.1 Å². The number of Topliss-reactive ketones (excluding diaryl/α,β-unsaturated/α-hetero) is 1. The number of nitrogens with one attached hydrogen (secondary N) is 1. The van der Waals surface area contributed by atoms with Crippen molar-refractivity contribution in [2.45, 2.75) is 244 Å². The van der Waals surface area contributed by atoms with E-state index in [2.05, 4.69) is 48.5 Å². The molecule has 7 aliphatic rings. The number of nitrogens with two attached hydrogens (primary N) is 2. The molecule has 2 aromatic carbocycles. The van der Waals surface area contributed by atoms with Crippen LogP contribution in [0.2, 0.25) is 0 Å². The molecular weight excluding hydrogens is 1760 g/mol. The van der Waals surface area contributed by atoms with E-state index in [-0.39, 0.29) is 99.1 Å². The quantitative estimate of drug-likeness (QED) is 0.00654. The maximum absolute atomic E-state index is 14.7. The summed E-state index contributed by atoms with van der Waals surface area (Å²) in [5.41, 5.74) is 20.6. The maximum atomic E-state index is 14.7. The summed E-state index contributed by atoms with van der Waals surface area (Å²) in [6, 6.07) is 11.3. The minimum atomic E-state index is -2.46. The number of ether oxygens (including phenoxy) is 11. The number of cyclic esters (lactones) is 1. The number of piperidine rings is 3. The fourth-order valence-electron chi connectivity index (χ4n) is 20.2. The highest BCUT2D eigenvalue weighted by Crippen LogP contribution is 2.41. The molecule has 12 rings (SSSR count). The highest BCUT2D eigenvalue weighted by atomic mass is 16.6. The van der Waals surface area contributed by atoms with Crippen molar-refractivity contribution in [3.63, 3.8) is 0 Å². The summed E-state index contributed by atoms with van der Waals surface area (Å²) >= 11 is 0. The average Bonchev–Trinajstić information content (AvgIpc) is 1.67. The van der Waals surface area contributed by atoms with Gasteiger partial charge in [-0.05, 0) is 187 Å². The first-order chi connectivity index (χ1) is 66.1. The Morgan fingerprint density at radius 1 is 0.701 bits per heavy atom. The number of allylic oxidation sites excluding steroid dienone is 5. The molecule has 36 heteroatoms. The Bertz CT molecular complexity index is 4890. The van der Waals surface area contributed by atoms with Crippen LogP contribution < -0.4 is 16.8 Å². The Labute approximate surface area is 804 Å². The topological polar surface area (TPSA) is 453 Å². The normalized spacial score (nSPS) is 28.5. The summed E-state index contributed by atoms with van der Waals surface area (Å²) < 4.78 is 71.8. The fourth-order valence-corrected chi connectivity index (χ4v) is 20.2. The molecule has 1 saturated carbocycles. The number of aliphatic hydroxyl groups is 4. The second kappa shape index (κ2) is 53.0. The molecule has 0 radical (unpaired) electrons. The number of rotatable bonds is 35. The lowest BCUT2D eigenvalue weighted by Gasteiger charge is -2.43. The molecule has 5 fully saturated rings. The van der Waals surface area contributed by atoms with E-state index in [1.54, 1.807) is 41.1 Å². The smallest absolute Gasteiger partial charge is 0.329 e. The van der Waals surface area contributed by atoms with E-state index in [4.69, 9.17) is 77.9 Å². The Morgan fingerprint density at radius 2 is 1.41 bits per heavy atom. The number of hydrogen-bond donors (Lipinski definition) is 7. The molecule has 3 aromatic heterocycles. The highest BCUT2D eigenvalue weighted by molar-refractivity contribution is 6.39. The van der Waals surface area contributed by atoms with Crippen LogP contribution in [0.15, 0.2) is 99.9 Å². The molecule has 4 saturated heterocycles. The van der Waals surface area contributed by atoms with Crippen molar-refractivity contribution in [3.05, 3.63) is 107 Å². The van der Waals surface area contributed by atoms with Gasteiger partial charge < -0.3 is 118 Å². The fraction of sp³-hybridized carbons (Fsp3) is 0.673. The number of likely N-dealkylation sites (tertiary alicyclic amines) is 2. The van der Waals surface area contributed by atoms with Crippen LogP contribution in [-0.2, 0) is 105 Å². The van der Waals surface area contributed by atoms with Crippen LogP contribution in [0.5, 0.6) is 0 Å². The zero-order chi connectivity index (χ0) is 97.7. The minimum absolute atomic E-state index is 0.00482. The second-order valence-corrected chi connectivity index (χ2v) is 38.2. The van der Waals surface area contributed by atoms with E-state index >= 15 is 0 Å². The molecule has 9 N–H and O–H groups in total. The molecule has 0 unspecified atom stereocenters. The van der Waals surface area contributed by atoms with Crippen molar-refractivity contribution in [1.82, 2.24) is 49.6 Å². The molecule has 137 heavy (non-hydrogen) atoms. The number of aliphatic hydroxyl groups excluding tert-OH is 3. The standard InChI is InChI=1S/C101H149N13O23/c1-64-16-12-11-13-17-65(2)84(125-8)58-78-24-19-70(7)101(124,137-78)94(120)98(122)113-34-15-14-18-80(113)99(123)135-85(67(4)54-71-21-25-81(115)86(56-71)126-9)59-82(116)66(3)53-69(6)92(119)93(127-10)90(68(5)52-64)109-134-62-87(117)104-33-41-129-43-45-131-47-49-133-51-50-132-48-46-130-44-42-128-40-32-88(118)111-38-30-77(31-39-111)110-35-27-73(28-36-110)97(121)112-37-29-74-55-72(20-22-76(74)61-112)60-114-96-89(95(102)105-63-106-96)91(108-114)75-23-26-83-79(57-75)107-100(103)136-83/h11-13,16-17,20,22-23,26,53,55,57,63-64,66-68,70-71,73,77-78,80-82,84-86,92-93,115-116,119,124H,14-15,18-19,21,24-25,27-52,54,56,58-62H2,1-10H3,(H2,103,107)(H,104,117)(H2,102,105,106)/b13-11+,16-12+,65-17+,69-53+,109-90+/t64-,66-,67-,68-,70-,71+,78+,80+,81-,82-,84+,85+,86-,92-,93+,101-/m1/s1. The van der Waals surface area contributed by atoms with E-state index in [0.717, 1.165) is 67.5 Å². The average molecular weight is 1910 g/mol. The molecule has 0 spiro atoms. The SMILES string of the molecule is CO[C@H]1C[C@@H]2CC[C@@H](C)[C@@](O)(O2)C(=O)C(=O)N2CCCC[C@H]2C(=O)O[C@H]([C@H](C)C[C@@H]2CC[C@@H](O)[C@H](OC)C2)C[C@@H](O)[C@H](C)/C=C(\C)[C@@H](O)[C@@H](OC)/C(=N/OCC(=O)NCCOCCOCCOCCOCCOCCOCCC(=O)N2CCC(N3CCC(C(=O)N4CCc5cc(Cn6nc(-c7ccc8oc(N)nc8c7)c7c(N)ncnc76)ccc5C4)CC3)CC2)[C@H](C)C[C@H](C)/C=C/C=C/C=C/1C. The van der Waals surface area contributed by atoms with Gasteiger partial charge in [-0.2, -0.15) is 10.1 Å². The maximum Gasteiger partial charge on any atom is 0.329 e. The number of nitrogens with zero attached hydrogens (tertiary/aromatic N) is 10. The summed E-state index contributed by atoms with van der Waals surface area (Å²) in [7, 11) is 4.60. The number of oxime groups is 1. The number of hydrogen-bond acceptors (Lipinski definition) is 31. The van der Waals surface area contributed by atoms with Crippen molar-refractivity contribution in [3.8, 4) is 11.3 Å². The number of benzene rings is 2. The van der Waals surface area contributed by atoms with E-state index < -0.39 is 96.6 Å².